The standard InChI is InChI=1S/C11H13BrO3/c1-4-15-11(13)8-5-6-9(12)10(14-3)7(8)2/h5-6H,4H2,1-3H3. The van der Waals surface area contributed by atoms with Crippen molar-refractivity contribution >= 4 is 21.9 Å². The minimum absolute atomic E-state index is 0.319. The molecule has 82 valence electrons. The fourth-order valence-corrected chi connectivity index (χ4v) is 1.93. The third-order valence-corrected chi connectivity index (χ3v) is 2.68. The largest absolute Gasteiger partial charge is 0.495 e. The van der Waals surface area contributed by atoms with E-state index >= 15 is 0 Å². The summed E-state index contributed by atoms with van der Waals surface area (Å²) in [5, 5.41) is 0. The number of carbonyl (C=O) groups is 1. The number of carbonyl (C=O) groups excluding carboxylic acids is 1. The Bertz CT molecular complexity index is 374. The van der Waals surface area contributed by atoms with Crippen LogP contribution in [-0.4, -0.2) is 19.7 Å². The first-order valence-electron chi connectivity index (χ1n) is 4.62. The first-order chi connectivity index (χ1) is 7.11. The van der Waals surface area contributed by atoms with Crippen LogP contribution in [0.1, 0.15) is 22.8 Å². The Hall–Kier alpha value is -1.03. The zero-order valence-electron chi connectivity index (χ0n) is 8.96. The van der Waals surface area contributed by atoms with Crippen LogP contribution < -0.4 is 4.74 Å². The highest BCUT2D eigenvalue weighted by Gasteiger charge is 2.15. The maximum Gasteiger partial charge on any atom is 0.338 e. The fraction of sp³-hybridized carbons (Fsp3) is 0.364. The molecule has 0 saturated carbocycles. The van der Waals surface area contributed by atoms with Gasteiger partial charge in [-0.2, -0.15) is 0 Å². The number of halogens is 1. The Morgan fingerprint density at radius 1 is 1.47 bits per heavy atom. The van der Waals surface area contributed by atoms with E-state index in [9.17, 15) is 4.79 Å². The lowest BCUT2D eigenvalue weighted by Crippen LogP contribution is -2.07. The number of benzene rings is 1. The summed E-state index contributed by atoms with van der Waals surface area (Å²) in [5.74, 6) is 0.348. The zero-order chi connectivity index (χ0) is 11.4. The van der Waals surface area contributed by atoms with Gasteiger partial charge >= 0.3 is 5.97 Å². The van der Waals surface area contributed by atoms with Crippen LogP contribution in [0.25, 0.3) is 0 Å². The second-order valence-corrected chi connectivity index (χ2v) is 3.83. The van der Waals surface area contributed by atoms with E-state index in [0.29, 0.717) is 17.9 Å². The molecule has 0 radical (unpaired) electrons. The molecule has 4 heteroatoms. The van der Waals surface area contributed by atoms with Crippen LogP contribution in [0.15, 0.2) is 16.6 Å². The van der Waals surface area contributed by atoms with Crippen LogP contribution in [0.2, 0.25) is 0 Å². The molecule has 0 aliphatic carbocycles. The smallest absolute Gasteiger partial charge is 0.338 e. The third-order valence-electron chi connectivity index (χ3n) is 2.06. The average molecular weight is 273 g/mol. The van der Waals surface area contributed by atoms with E-state index in [4.69, 9.17) is 9.47 Å². The minimum atomic E-state index is -0.319. The molecule has 0 heterocycles. The van der Waals surface area contributed by atoms with Crippen LogP contribution >= 0.6 is 15.9 Å². The number of ether oxygens (including phenoxy) is 2. The van der Waals surface area contributed by atoms with Gasteiger partial charge in [0.2, 0.25) is 0 Å². The van der Waals surface area contributed by atoms with Crippen LogP contribution in [0.4, 0.5) is 0 Å². The fourth-order valence-electron chi connectivity index (χ4n) is 1.34. The van der Waals surface area contributed by atoms with Crippen molar-refractivity contribution in [3.63, 3.8) is 0 Å². The van der Waals surface area contributed by atoms with Crippen molar-refractivity contribution in [1.29, 1.82) is 0 Å². The van der Waals surface area contributed by atoms with E-state index in [1.807, 2.05) is 6.92 Å². The highest BCUT2D eigenvalue weighted by Crippen LogP contribution is 2.31. The molecule has 0 bridgehead atoms. The monoisotopic (exact) mass is 272 g/mol. The highest BCUT2D eigenvalue weighted by atomic mass is 79.9. The first-order valence-corrected chi connectivity index (χ1v) is 5.41. The molecule has 0 aromatic heterocycles. The summed E-state index contributed by atoms with van der Waals surface area (Å²) >= 11 is 3.35. The average Bonchev–Trinajstić information content (AvgIpc) is 2.18. The number of rotatable bonds is 3. The molecule has 0 aliphatic heterocycles. The SMILES string of the molecule is CCOC(=O)c1ccc(Br)c(OC)c1C. The van der Waals surface area contributed by atoms with Crippen molar-refractivity contribution < 1.29 is 14.3 Å². The summed E-state index contributed by atoms with van der Waals surface area (Å²) in [7, 11) is 1.57. The van der Waals surface area contributed by atoms with Gasteiger partial charge in [-0.25, -0.2) is 4.79 Å². The van der Waals surface area contributed by atoms with Gasteiger partial charge in [0.25, 0.3) is 0 Å². The number of methoxy groups -OCH3 is 1. The third kappa shape index (κ3) is 2.50. The molecule has 0 atom stereocenters. The first kappa shape index (κ1) is 12.0. The minimum Gasteiger partial charge on any atom is -0.495 e. The van der Waals surface area contributed by atoms with E-state index in [1.165, 1.54) is 0 Å². The summed E-state index contributed by atoms with van der Waals surface area (Å²) in [4.78, 5) is 11.6. The van der Waals surface area contributed by atoms with E-state index in [1.54, 1.807) is 26.2 Å². The van der Waals surface area contributed by atoms with Gasteiger partial charge in [0.05, 0.1) is 23.8 Å². The summed E-state index contributed by atoms with van der Waals surface area (Å²) in [6.45, 7) is 3.98. The molecule has 0 unspecified atom stereocenters. The second kappa shape index (κ2) is 5.16. The quantitative estimate of drug-likeness (QED) is 0.794. The molecular weight excluding hydrogens is 260 g/mol. The van der Waals surface area contributed by atoms with Crippen LogP contribution in [0.3, 0.4) is 0 Å². The normalized spacial score (nSPS) is 9.87. The van der Waals surface area contributed by atoms with Crippen molar-refractivity contribution in [2.24, 2.45) is 0 Å². The van der Waals surface area contributed by atoms with Crippen LogP contribution in [0.5, 0.6) is 5.75 Å². The van der Waals surface area contributed by atoms with Crippen LogP contribution in [-0.2, 0) is 4.74 Å². The van der Waals surface area contributed by atoms with Gasteiger partial charge in [-0.3, -0.25) is 0 Å². The van der Waals surface area contributed by atoms with E-state index in [0.717, 1.165) is 10.0 Å². The van der Waals surface area contributed by atoms with Crippen molar-refractivity contribution in [2.45, 2.75) is 13.8 Å². The Balaban J connectivity index is 3.15. The lowest BCUT2D eigenvalue weighted by molar-refractivity contribution is 0.0525. The van der Waals surface area contributed by atoms with Crippen molar-refractivity contribution in [2.75, 3.05) is 13.7 Å². The molecule has 0 saturated heterocycles. The summed E-state index contributed by atoms with van der Waals surface area (Å²) < 4.78 is 11.0. The molecule has 15 heavy (non-hydrogen) atoms. The summed E-state index contributed by atoms with van der Waals surface area (Å²) in [5.41, 5.74) is 1.32. The van der Waals surface area contributed by atoms with Gasteiger partial charge in [-0.1, -0.05) is 0 Å². The number of esters is 1. The van der Waals surface area contributed by atoms with Gasteiger partial charge in [0, 0.05) is 5.56 Å². The molecule has 1 aromatic carbocycles. The Morgan fingerprint density at radius 3 is 2.67 bits per heavy atom. The molecule has 1 rings (SSSR count). The second-order valence-electron chi connectivity index (χ2n) is 2.97. The molecule has 0 N–H and O–H groups in total. The molecular formula is C11H13BrO3. The van der Waals surface area contributed by atoms with Gasteiger partial charge < -0.3 is 9.47 Å². The highest BCUT2D eigenvalue weighted by molar-refractivity contribution is 9.10. The predicted octanol–water partition coefficient (Wildman–Crippen LogP) is 2.94. The maximum absolute atomic E-state index is 11.6. The lowest BCUT2D eigenvalue weighted by Gasteiger charge is -2.11. The molecule has 3 nitrogen and oxygen atoms in total. The summed E-state index contributed by atoms with van der Waals surface area (Å²) in [6, 6.07) is 3.50. The number of hydrogen-bond donors (Lipinski definition) is 0. The predicted molar refractivity (Wildman–Crippen MR) is 61.4 cm³/mol. The molecule has 0 spiro atoms. The van der Waals surface area contributed by atoms with Crippen molar-refractivity contribution in [3.8, 4) is 5.75 Å². The van der Waals surface area contributed by atoms with E-state index < -0.39 is 0 Å². The molecule has 0 amide bonds. The topological polar surface area (TPSA) is 35.5 Å². The van der Waals surface area contributed by atoms with Gasteiger partial charge in [-0.15, -0.1) is 0 Å². The lowest BCUT2D eigenvalue weighted by atomic mass is 10.1. The Labute approximate surface area is 97.5 Å². The van der Waals surface area contributed by atoms with Crippen molar-refractivity contribution in [1.82, 2.24) is 0 Å². The zero-order valence-corrected chi connectivity index (χ0v) is 10.6. The molecule has 0 fully saturated rings. The van der Waals surface area contributed by atoms with Gasteiger partial charge in [-0.05, 0) is 41.9 Å². The maximum atomic E-state index is 11.6. The van der Waals surface area contributed by atoms with E-state index in [-0.39, 0.29) is 5.97 Å². The Morgan fingerprint density at radius 2 is 2.13 bits per heavy atom. The number of hydrogen-bond acceptors (Lipinski definition) is 3. The molecule has 0 aliphatic rings. The summed E-state index contributed by atoms with van der Waals surface area (Å²) in [6.07, 6.45) is 0. The Kier molecular flexibility index (Phi) is 4.15. The van der Waals surface area contributed by atoms with Crippen molar-refractivity contribution in [3.05, 3.63) is 27.7 Å². The van der Waals surface area contributed by atoms with Crippen LogP contribution in [0, 0.1) is 6.92 Å². The van der Waals surface area contributed by atoms with Gasteiger partial charge in [0.1, 0.15) is 5.75 Å². The van der Waals surface area contributed by atoms with E-state index in [2.05, 4.69) is 15.9 Å². The molecule has 1 aromatic rings. The van der Waals surface area contributed by atoms with Gasteiger partial charge in [0.15, 0.2) is 0 Å².